The largest absolute Gasteiger partial charge is 2.00 e. The van der Waals surface area contributed by atoms with E-state index in [0.717, 1.165) is 11.5 Å². The Morgan fingerprint density at radius 3 is 1.19 bits per heavy atom. The second kappa shape index (κ2) is 9.79. The van der Waals surface area contributed by atoms with Crippen LogP contribution in [-0.2, 0) is 0 Å². The van der Waals surface area contributed by atoms with E-state index in [0.29, 0.717) is 0 Å². The minimum absolute atomic E-state index is 0. The number of hydrogen-bond donors (Lipinski definition) is 0. The molecule has 16 heavy (non-hydrogen) atoms. The van der Waals surface area contributed by atoms with Gasteiger partial charge in [0.2, 0.25) is 0 Å². The van der Waals surface area contributed by atoms with Crippen molar-refractivity contribution >= 4 is 23.1 Å². The van der Waals surface area contributed by atoms with E-state index in [1.807, 2.05) is 60.7 Å². The van der Waals surface area contributed by atoms with Crippen molar-refractivity contribution in [2.45, 2.75) is 0 Å². The van der Waals surface area contributed by atoms with Gasteiger partial charge in [0.25, 0.3) is 0 Å². The Morgan fingerprint density at radius 1 is 0.562 bits per heavy atom. The van der Waals surface area contributed by atoms with E-state index < -0.39 is 0 Å². The summed E-state index contributed by atoms with van der Waals surface area (Å²) in [7, 11) is 0. The van der Waals surface area contributed by atoms with Crippen molar-refractivity contribution in [1.82, 2.24) is 0 Å². The van der Waals surface area contributed by atoms with Crippen LogP contribution in [0.1, 0.15) is 0 Å². The fourth-order valence-electron chi connectivity index (χ4n) is 1.11. The molecule has 0 aliphatic rings. The van der Waals surface area contributed by atoms with Gasteiger partial charge >= 0.3 is 23.1 Å². The quantitative estimate of drug-likeness (QED) is 0.530. The van der Waals surface area contributed by atoms with E-state index in [4.69, 9.17) is 4.74 Å². The molecule has 1 nitrogen and oxygen atoms in total. The SMILES string of the molecule is [Cl-].[Cl-].[Mg+2].c1ccc(Oc2ccccc2)cc1. The summed E-state index contributed by atoms with van der Waals surface area (Å²) in [4.78, 5) is 0. The second-order valence-electron chi connectivity index (χ2n) is 2.73. The third kappa shape index (κ3) is 5.61. The summed E-state index contributed by atoms with van der Waals surface area (Å²) in [6, 6.07) is 19.5. The van der Waals surface area contributed by atoms with Crippen molar-refractivity contribution in [2.24, 2.45) is 0 Å². The molecule has 0 bridgehead atoms. The van der Waals surface area contributed by atoms with Crippen LogP contribution in [0.2, 0.25) is 0 Å². The van der Waals surface area contributed by atoms with Crippen molar-refractivity contribution in [1.29, 1.82) is 0 Å². The molecule has 0 atom stereocenters. The topological polar surface area (TPSA) is 9.23 Å². The van der Waals surface area contributed by atoms with Crippen LogP contribution in [0.5, 0.6) is 11.5 Å². The number of para-hydroxylation sites is 2. The molecule has 2 rings (SSSR count). The van der Waals surface area contributed by atoms with Gasteiger partial charge in [0.15, 0.2) is 0 Å². The summed E-state index contributed by atoms with van der Waals surface area (Å²) in [5.74, 6) is 1.74. The first-order valence-corrected chi connectivity index (χ1v) is 4.23. The third-order valence-electron chi connectivity index (χ3n) is 1.72. The minimum atomic E-state index is 0. The normalized spacial score (nSPS) is 7.75. The molecule has 0 aromatic heterocycles. The Balaban J connectivity index is 0. The second-order valence-corrected chi connectivity index (χ2v) is 2.73. The van der Waals surface area contributed by atoms with Crippen LogP contribution in [0.4, 0.5) is 0 Å². The molecule has 0 heterocycles. The van der Waals surface area contributed by atoms with Gasteiger partial charge in [-0.1, -0.05) is 36.4 Å². The van der Waals surface area contributed by atoms with Gasteiger partial charge in [-0.25, -0.2) is 0 Å². The number of hydrogen-bond acceptors (Lipinski definition) is 1. The maximum atomic E-state index is 5.58. The zero-order valence-electron chi connectivity index (χ0n) is 8.64. The van der Waals surface area contributed by atoms with Gasteiger partial charge in [0.1, 0.15) is 11.5 Å². The molecule has 0 saturated carbocycles. The van der Waals surface area contributed by atoms with E-state index in [1.165, 1.54) is 0 Å². The van der Waals surface area contributed by atoms with Crippen molar-refractivity contribution in [3.63, 3.8) is 0 Å². The summed E-state index contributed by atoms with van der Waals surface area (Å²) in [5, 5.41) is 0. The fourth-order valence-corrected chi connectivity index (χ4v) is 1.11. The minimum Gasteiger partial charge on any atom is -1.00 e. The number of rotatable bonds is 2. The van der Waals surface area contributed by atoms with Gasteiger partial charge in [0.05, 0.1) is 0 Å². The first kappa shape index (κ1) is 18.0. The van der Waals surface area contributed by atoms with E-state index in [1.54, 1.807) is 0 Å². The van der Waals surface area contributed by atoms with Crippen LogP contribution in [0.3, 0.4) is 0 Å². The van der Waals surface area contributed by atoms with Crippen molar-refractivity contribution in [2.75, 3.05) is 0 Å². The molecule has 0 saturated heterocycles. The third-order valence-corrected chi connectivity index (χ3v) is 1.72. The fraction of sp³-hybridized carbons (Fsp3) is 0. The summed E-state index contributed by atoms with van der Waals surface area (Å²) < 4.78 is 5.58. The molecule has 0 radical (unpaired) electrons. The average molecular weight is 265 g/mol. The van der Waals surface area contributed by atoms with Crippen LogP contribution >= 0.6 is 0 Å². The summed E-state index contributed by atoms with van der Waals surface area (Å²) in [6.45, 7) is 0. The first-order chi connectivity index (χ1) is 6.45. The maximum Gasteiger partial charge on any atom is 2.00 e. The van der Waals surface area contributed by atoms with Crippen LogP contribution in [-0.4, -0.2) is 23.1 Å². The Morgan fingerprint density at radius 2 is 0.875 bits per heavy atom. The standard InChI is InChI=1S/C12H10O.2ClH.Mg/c1-3-7-11(8-4-1)13-12-9-5-2-6-10-12;;;/h1-10H;2*1H;/q;;;+2/p-2. The summed E-state index contributed by atoms with van der Waals surface area (Å²) in [5.41, 5.74) is 0. The Hall–Kier alpha value is -0.414. The van der Waals surface area contributed by atoms with Crippen molar-refractivity contribution in [3.05, 3.63) is 60.7 Å². The molecule has 0 spiro atoms. The predicted octanol–water partition coefficient (Wildman–Crippen LogP) is -2.89. The molecular weight excluding hydrogens is 255 g/mol. The van der Waals surface area contributed by atoms with Crippen LogP contribution in [0.25, 0.3) is 0 Å². The summed E-state index contributed by atoms with van der Waals surface area (Å²) >= 11 is 0. The average Bonchev–Trinajstić information content (AvgIpc) is 2.21. The maximum absolute atomic E-state index is 5.58. The molecule has 80 valence electrons. The number of halogens is 2. The number of benzene rings is 2. The van der Waals surface area contributed by atoms with Crippen molar-refractivity contribution in [3.8, 4) is 11.5 Å². The van der Waals surface area contributed by atoms with Gasteiger partial charge in [0, 0.05) is 0 Å². The Labute approximate surface area is 124 Å². The van der Waals surface area contributed by atoms with Gasteiger partial charge in [-0.15, -0.1) is 0 Å². The Kier molecular flexibility index (Phi) is 11.0. The zero-order chi connectivity index (χ0) is 8.93. The van der Waals surface area contributed by atoms with Crippen LogP contribution in [0, 0.1) is 0 Å². The molecule has 2 aromatic rings. The van der Waals surface area contributed by atoms with E-state index in [-0.39, 0.29) is 47.9 Å². The predicted molar refractivity (Wildman–Crippen MR) is 58.7 cm³/mol. The molecule has 0 unspecified atom stereocenters. The first-order valence-electron chi connectivity index (χ1n) is 4.23. The summed E-state index contributed by atoms with van der Waals surface area (Å²) in [6.07, 6.45) is 0. The van der Waals surface area contributed by atoms with Gasteiger partial charge in [-0.3, -0.25) is 0 Å². The molecular formula is C12H10Cl2MgO. The van der Waals surface area contributed by atoms with Crippen LogP contribution in [0.15, 0.2) is 60.7 Å². The zero-order valence-corrected chi connectivity index (χ0v) is 11.6. The molecule has 0 N–H and O–H groups in total. The van der Waals surface area contributed by atoms with Crippen molar-refractivity contribution < 1.29 is 29.6 Å². The molecule has 0 fully saturated rings. The van der Waals surface area contributed by atoms with E-state index >= 15 is 0 Å². The van der Waals surface area contributed by atoms with Crippen LogP contribution < -0.4 is 29.6 Å². The van der Waals surface area contributed by atoms with E-state index in [2.05, 4.69) is 0 Å². The molecule has 4 heteroatoms. The molecule has 2 aromatic carbocycles. The Bertz CT molecular complexity index is 330. The van der Waals surface area contributed by atoms with Gasteiger partial charge in [-0.2, -0.15) is 0 Å². The number of ether oxygens (including phenoxy) is 1. The molecule has 0 aliphatic carbocycles. The van der Waals surface area contributed by atoms with E-state index in [9.17, 15) is 0 Å². The van der Waals surface area contributed by atoms with Gasteiger partial charge < -0.3 is 29.6 Å². The monoisotopic (exact) mass is 264 g/mol. The van der Waals surface area contributed by atoms with Gasteiger partial charge in [-0.05, 0) is 24.3 Å². The molecule has 0 aliphatic heterocycles. The molecule has 0 amide bonds. The smallest absolute Gasteiger partial charge is 1.00 e.